The summed E-state index contributed by atoms with van der Waals surface area (Å²) in [5.41, 5.74) is -0.157. The Morgan fingerprint density at radius 1 is 1.26 bits per heavy atom. The predicted octanol–water partition coefficient (Wildman–Crippen LogP) is 3.48. The van der Waals surface area contributed by atoms with Gasteiger partial charge in [0.2, 0.25) is 0 Å². The first-order valence-electron chi connectivity index (χ1n) is 10.4. The van der Waals surface area contributed by atoms with Gasteiger partial charge in [-0.3, -0.25) is 9.59 Å². The molecule has 1 saturated heterocycles. The molecule has 0 spiro atoms. The summed E-state index contributed by atoms with van der Waals surface area (Å²) in [4.78, 5) is 25.7. The maximum Gasteiger partial charge on any atom is 0.422 e. The Labute approximate surface area is 179 Å². The molecule has 10 heteroatoms. The van der Waals surface area contributed by atoms with Crippen molar-refractivity contribution in [1.82, 2.24) is 10.2 Å². The number of carboxylic acids is 1. The number of nitrogens with one attached hydrogen (secondary N) is 1. The van der Waals surface area contributed by atoms with Crippen molar-refractivity contribution in [3.05, 3.63) is 23.8 Å². The number of benzene rings is 1. The summed E-state index contributed by atoms with van der Waals surface area (Å²) in [5, 5.41) is 12.5. The highest BCUT2D eigenvalue weighted by molar-refractivity contribution is 5.98. The summed E-state index contributed by atoms with van der Waals surface area (Å²) in [6.45, 7) is 1.13. The van der Waals surface area contributed by atoms with Gasteiger partial charge in [-0.2, -0.15) is 13.2 Å². The van der Waals surface area contributed by atoms with Gasteiger partial charge in [0.25, 0.3) is 5.91 Å². The Balaban J connectivity index is 2.28. The van der Waals surface area contributed by atoms with E-state index in [2.05, 4.69) is 5.32 Å². The average Bonchev–Trinajstić information content (AvgIpc) is 2.71. The van der Waals surface area contributed by atoms with Crippen LogP contribution in [-0.4, -0.2) is 66.9 Å². The average molecular weight is 446 g/mol. The van der Waals surface area contributed by atoms with Gasteiger partial charge in [-0.15, -0.1) is 0 Å². The normalized spacial score (nSPS) is 16.6. The third kappa shape index (κ3) is 8.64. The maximum absolute atomic E-state index is 13.2. The van der Waals surface area contributed by atoms with Gasteiger partial charge in [0.05, 0.1) is 12.2 Å². The molecule has 1 atom stereocenters. The zero-order valence-electron chi connectivity index (χ0n) is 17.5. The Hall–Kier alpha value is -2.49. The minimum absolute atomic E-state index is 0.0828. The first kappa shape index (κ1) is 24.8. The van der Waals surface area contributed by atoms with Gasteiger partial charge in [0.15, 0.2) is 6.61 Å². The molecule has 2 rings (SSSR count). The summed E-state index contributed by atoms with van der Waals surface area (Å²) in [7, 11) is 0. The fourth-order valence-corrected chi connectivity index (χ4v) is 3.28. The number of alkyl halides is 3. The van der Waals surface area contributed by atoms with E-state index >= 15 is 0 Å². The molecule has 1 aromatic carbocycles. The standard InChI is InChI=1S/C21H29F3N2O5/c1-2-3-10-30-16-7-8-18(31-14-21(22,23)24)17(11-16)20(29)26(13-19(27)28)12-15-6-4-5-9-25-15/h7-8,11,15,25H,2-6,9-10,12-14H2,1H3,(H,27,28). The van der Waals surface area contributed by atoms with Crippen LogP contribution in [0.5, 0.6) is 11.5 Å². The Kier molecular flexibility index (Phi) is 9.42. The molecule has 1 aliphatic rings. The van der Waals surface area contributed by atoms with E-state index < -0.39 is 31.2 Å². The molecule has 0 aliphatic carbocycles. The van der Waals surface area contributed by atoms with Crippen LogP contribution < -0.4 is 14.8 Å². The van der Waals surface area contributed by atoms with E-state index in [1.165, 1.54) is 18.2 Å². The number of ether oxygens (including phenoxy) is 2. The maximum atomic E-state index is 13.2. The third-order valence-electron chi connectivity index (χ3n) is 4.81. The van der Waals surface area contributed by atoms with Gasteiger partial charge in [-0.1, -0.05) is 19.8 Å². The Morgan fingerprint density at radius 2 is 2.03 bits per heavy atom. The Morgan fingerprint density at radius 3 is 2.65 bits per heavy atom. The molecule has 1 aliphatic heterocycles. The van der Waals surface area contributed by atoms with Gasteiger partial charge in [0, 0.05) is 12.6 Å². The number of halogens is 3. The number of hydrogen-bond acceptors (Lipinski definition) is 5. The van der Waals surface area contributed by atoms with Gasteiger partial charge < -0.3 is 24.8 Å². The van der Waals surface area contributed by atoms with E-state index in [-0.39, 0.29) is 23.9 Å². The SMILES string of the molecule is CCCCOc1ccc(OCC(F)(F)F)c(C(=O)N(CC(=O)O)CC2CCCCN2)c1. The van der Waals surface area contributed by atoms with Crippen LogP contribution in [0, 0.1) is 0 Å². The molecular formula is C21H29F3N2O5. The van der Waals surface area contributed by atoms with Crippen LogP contribution in [0.4, 0.5) is 13.2 Å². The van der Waals surface area contributed by atoms with Crippen LogP contribution in [0.25, 0.3) is 0 Å². The van der Waals surface area contributed by atoms with Crippen molar-refractivity contribution >= 4 is 11.9 Å². The minimum Gasteiger partial charge on any atom is -0.494 e. The number of hydrogen-bond donors (Lipinski definition) is 2. The molecule has 1 aromatic rings. The summed E-state index contributed by atoms with van der Waals surface area (Å²) in [5.74, 6) is -1.88. The zero-order valence-corrected chi connectivity index (χ0v) is 17.5. The lowest BCUT2D eigenvalue weighted by Gasteiger charge is -2.30. The number of carboxylic acid groups (broad SMARTS) is 1. The van der Waals surface area contributed by atoms with Crippen LogP contribution in [0.2, 0.25) is 0 Å². The van der Waals surface area contributed by atoms with Gasteiger partial charge in [-0.05, 0) is 44.0 Å². The van der Waals surface area contributed by atoms with E-state index in [1.807, 2.05) is 6.92 Å². The minimum atomic E-state index is -4.58. The van der Waals surface area contributed by atoms with Crippen LogP contribution in [0.1, 0.15) is 49.4 Å². The first-order chi connectivity index (χ1) is 14.7. The van der Waals surface area contributed by atoms with E-state index in [0.29, 0.717) is 12.4 Å². The number of amides is 1. The number of unbranched alkanes of at least 4 members (excludes halogenated alkanes) is 1. The summed E-state index contributed by atoms with van der Waals surface area (Å²) in [6, 6.07) is 3.91. The lowest BCUT2D eigenvalue weighted by atomic mass is 10.0. The topological polar surface area (TPSA) is 88.1 Å². The molecule has 1 amide bonds. The van der Waals surface area contributed by atoms with E-state index in [9.17, 15) is 27.9 Å². The fourth-order valence-electron chi connectivity index (χ4n) is 3.28. The van der Waals surface area contributed by atoms with E-state index in [4.69, 9.17) is 9.47 Å². The summed E-state index contributed by atoms with van der Waals surface area (Å²) in [6.07, 6.45) is -0.193. The molecule has 0 radical (unpaired) electrons. The van der Waals surface area contributed by atoms with Crippen molar-refractivity contribution in [3.8, 4) is 11.5 Å². The highest BCUT2D eigenvalue weighted by atomic mass is 19.4. The molecule has 1 unspecified atom stereocenters. The van der Waals surface area contributed by atoms with E-state index in [1.54, 1.807) is 0 Å². The monoisotopic (exact) mass is 446 g/mol. The van der Waals surface area contributed by atoms with Crippen molar-refractivity contribution in [2.24, 2.45) is 0 Å². The van der Waals surface area contributed by atoms with Crippen molar-refractivity contribution in [1.29, 1.82) is 0 Å². The zero-order chi connectivity index (χ0) is 22.9. The quantitative estimate of drug-likeness (QED) is 0.506. The molecule has 31 heavy (non-hydrogen) atoms. The van der Waals surface area contributed by atoms with Crippen molar-refractivity contribution < 1.29 is 37.3 Å². The number of nitrogens with zero attached hydrogens (tertiary/aromatic N) is 1. The molecule has 0 bridgehead atoms. The molecule has 2 N–H and O–H groups in total. The second-order valence-corrected chi connectivity index (χ2v) is 7.49. The van der Waals surface area contributed by atoms with E-state index in [0.717, 1.165) is 43.5 Å². The molecular weight excluding hydrogens is 417 g/mol. The van der Waals surface area contributed by atoms with Crippen LogP contribution >= 0.6 is 0 Å². The fraction of sp³-hybridized carbons (Fsp3) is 0.619. The van der Waals surface area contributed by atoms with Crippen molar-refractivity contribution in [2.45, 2.75) is 51.2 Å². The van der Waals surface area contributed by atoms with Crippen molar-refractivity contribution in [2.75, 3.05) is 32.8 Å². The van der Waals surface area contributed by atoms with Crippen molar-refractivity contribution in [3.63, 3.8) is 0 Å². The third-order valence-corrected chi connectivity index (χ3v) is 4.81. The number of piperidine rings is 1. The smallest absolute Gasteiger partial charge is 0.422 e. The summed E-state index contributed by atoms with van der Waals surface area (Å²) < 4.78 is 48.4. The number of aliphatic carboxylic acids is 1. The Bertz CT molecular complexity index is 736. The molecule has 0 aromatic heterocycles. The summed E-state index contributed by atoms with van der Waals surface area (Å²) >= 11 is 0. The van der Waals surface area contributed by atoms with Gasteiger partial charge in [0.1, 0.15) is 18.0 Å². The second kappa shape index (κ2) is 11.8. The molecule has 7 nitrogen and oxygen atoms in total. The molecule has 1 heterocycles. The van der Waals surface area contributed by atoms with Crippen LogP contribution in [0.3, 0.4) is 0 Å². The lowest BCUT2D eigenvalue weighted by molar-refractivity contribution is -0.153. The highest BCUT2D eigenvalue weighted by Gasteiger charge is 2.31. The number of rotatable bonds is 11. The van der Waals surface area contributed by atoms with Crippen LogP contribution in [0.15, 0.2) is 18.2 Å². The van der Waals surface area contributed by atoms with Gasteiger partial charge in [-0.25, -0.2) is 0 Å². The second-order valence-electron chi connectivity index (χ2n) is 7.49. The van der Waals surface area contributed by atoms with Gasteiger partial charge >= 0.3 is 12.1 Å². The number of carbonyl (C=O) groups is 2. The lowest BCUT2D eigenvalue weighted by Crippen LogP contribution is -2.47. The number of carbonyl (C=O) groups excluding carboxylic acids is 1. The molecule has 1 fully saturated rings. The predicted molar refractivity (Wildman–Crippen MR) is 108 cm³/mol. The molecule has 174 valence electrons. The largest absolute Gasteiger partial charge is 0.494 e. The molecule has 0 saturated carbocycles. The first-order valence-corrected chi connectivity index (χ1v) is 10.4. The van der Waals surface area contributed by atoms with Crippen LogP contribution in [-0.2, 0) is 4.79 Å². The highest BCUT2D eigenvalue weighted by Crippen LogP contribution is 2.28.